The van der Waals surface area contributed by atoms with Crippen LogP contribution in [-0.2, 0) is 11.3 Å². The Labute approximate surface area is 156 Å². The third kappa shape index (κ3) is 3.96. The second-order valence-electron chi connectivity index (χ2n) is 5.66. The number of halogens is 1. The van der Waals surface area contributed by atoms with Crippen LogP contribution in [0.5, 0.6) is 5.88 Å². The molecule has 1 heterocycles. The van der Waals surface area contributed by atoms with Gasteiger partial charge in [-0.1, -0.05) is 23.7 Å². The van der Waals surface area contributed by atoms with Gasteiger partial charge in [0.15, 0.2) is 5.78 Å². The average Bonchev–Trinajstić information content (AvgIpc) is 2.61. The largest absolute Gasteiger partial charge is 0.494 e. The summed E-state index contributed by atoms with van der Waals surface area (Å²) >= 11 is 5.93. The number of nitriles is 1. The van der Waals surface area contributed by atoms with Crippen LogP contribution >= 0.6 is 11.6 Å². The molecule has 0 radical (unpaired) electrons. The van der Waals surface area contributed by atoms with Crippen LogP contribution in [0, 0.1) is 18.3 Å². The summed E-state index contributed by atoms with van der Waals surface area (Å²) in [6, 6.07) is 8.11. The number of nitrogens with zero attached hydrogens (tertiary/aromatic N) is 2. The van der Waals surface area contributed by atoms with Gasteiger partial charge in [0.2, 0.25) is 5.88 Å². The summed E-state index contributed by atoms with van der Waals surface area (Å²) in [5.74, 6) is -0.953. The molecule has 0 aliphatic carbocycles. The molecule has 7 heteroatoms. The molecule has 0 aliphatic heterocycles. The van der Waals surface area contributed by atoms with Gasteiger partial charge in [-0.15, -0.1) is 0 Å². The van der Waals surface area contributed by atoms with E-state index in [1.165, 1.54) is 13.0 Å². The molecule has 1 aromatic carbocycles. The van der Waals surface area contributed by atoms with Gasteiger partial charge in [-0.3, -0.25) is 14.2 Å². The van der Waals surface area contributed by atoms with Gasteiger partial charge < -0.3 is 9.84 Å². The van der Waals surface area contributed by atoms with Crippen molar-refractivity contribution in [2.75, 3.05) is 13.2 Å². The third-order valence-corrected chi connectivity index (χ3v) is 4.22. The number of ketones is 1. The number of ether oxygens (including phenoxy) is 1. The van der Waals surface area contributed by atoms with Crippen molar-refractivity contribution in [3.8, 4) is 11.9 Å². The van der Waals surface area contributed by atoms with Crippen LogP contribution < -0.4 is 5.56 Å². The second-order valence-corrected chi connectivity index (χ2v) is 6.09. The molecule has 26 heavy (non-hydrogen) atoms. The monoisotopic (exact) mass is 374 g/mol. The molecule has 0 unspecified atom stereocenters. The van der Waals surface area contributed by atoms with Gasteiger partial charge in [0.25, 0.3) is 5.56 Å². The lowest BCUT2D eigenvalue weighted by Crippen LogP contribution is -2.27. The molecule has 2 rings (SSSR count). The maximum Gasteiger partial charge on any atom is 0.271 e. The average molecular weight is 375 g/mol. The van der Waals surface area contributed by atoms with Crippen molar-refractivity contribution in [3.63, 3.8) is 0 Å². The molecule has 6 nitrogen and oxygen atoms in total. The Morgan fingerprint density at radius 2 is 2.15 bits per heavy atom. The smallest absolute Gasteiger partial charge is 0.271 e. The molecule has 0 aliphatic rings. The van der Waals surface area contributed by atoms with E-state index in [0.717, 1.165) is 4.57 Å². The lowest BCUT2D eigenvalue weighted by molar-refractivity contribution is 0.103. The quantitative estimate of drug-likeness (QED) is 0.594. The highest BCUT2D eigenvalue weighted by molar-refractivity contribution is 6.31. The normalized spacial score (nSPS) is 10.5. The predicted octanol–water partition coefficient (Wildman–Crippen LogP) is 3.05. The number of hydrogen-bond acceptors (Lipinski definition) is 5. The summed E-state index contributed by atoms with van der Waals surface area (Å²) in [5, 5.41) is 20.3. The van der Waals surface area contributed by atoms with Gasteiger partial charge in [-0.05, 0) is 38.0 Å². The van der Waals surface area contributed by atoms with Crippen molar-refractivity contribution in [1.29, 1.82) is 5.26 Å². The van der Waals surface area contributed by atoms with E-state index in [2.05, 4.69) is 0 Å². The zero-order chi connectivity index (χ0) is 19.3. The summed E-state index contributed by atoms with van der Waals surface area (Å²) in [4.78, 5) is 25.4. The summed E-state index contributed by atoms with van der Waals surface area (Å²) in [7, 11) is 0. The molecule has 0 amide bonds. The molecule has 0 saturated heterocycles. The molecule has 0 fully saturated rings. The summed E-state index contributed by atoms with van der Waals surface area (Å²) in [6.45, 7) is 4.40. The van der Waals surface area contributed by atoms with Crippen LogP contribution in [0.3, 0.4) is 0 Å². The zero-order valence-corrected chi connectivity index (χ0v) is 15.3. The molecular formula is C19H19ClN2O4. The zero-order valence-electron chi connectivity index (χ0n) is 14.6. The number of carbonyl (C=O) groups is 1. The molecule has 0 atom stereocenters. The predicted molar refractivity (Wildman–Crippen MR) is 97.8 cm³/mol. The number of hydrogen-bond donors (Lipinski definition) is 1. The van der Waals surface area contributed by atoms with Gasteiger partial charge in [0.05, 0.1) is 5.56 Å². The molecule has 2 aromatic rings. The maximum absolute atomic E-state index is 12.9. The summed E-state index contributed by atoms with van der Waals surface area (Å²) in [5.41, 5.74) is -0.439. The fourth-order valence-corrected chi connectivity index (χ4v) is 2.86. The van der Waals surface area contributed by atoms with Gasteiger partial charge in [0, 0.05) is 30.3 Å². The van der Waals surface area contributed by atoms with E-state index < -0.39 is 17.2 Å². The van der Waals surface area contributed by atoms with E-state index in [9.17, 15) is 20.0 Å². The Balaban J connectivity index is 2.56. The van der Waals surface area contributed by atoms with Crippen molar-refractivity contribution >= 4 is 17.4 Å². The molecule has 1 aromatic heterocycles. The minimum atomic E-state index is -0.623. The van der Waals surface area contributed by atoms with Gasteiger partial charge in [-0.25, -0.2) is 0 Å². The van der Waals surface area contributed by atoms with Crippen molar-refractivity contribution in [2.24, 2.45) is 0 Å². The number of rotatable bonds is 7. The van der Waals surface area contributed by atoms with E-state index in [1.54, 1.807) is 18.2 Å². The van der Waals surface area contributed by atoms with Crippen LogP contribution in [-0.4, -0.2) is 28.7 Å². The minimum absolute atomic E-state index is 0.0696. The molecule has 0 spiro atoms. The standard InChI is InChI=1S/C19H19ClN2O4/c1-3-26-9-5-8-22-18(24)15(11-21)12(2)16(19(22)25)17(23)13-6-4-7-14(20)10-13/h4,6-7,10,25H,3,5,8-9H2,1-2H3. The van der Waals surface area contributed by atoms with Crippen molar-refractivity contribution in [3.05, 3.63) is 61.9 Å². The van der Waals surface area contributed by atoms with Crippen LogP contribution in [0.25, 0.3) is 0 Å². The third-order valence-electron chi connectivity index (χ3n) is 3.99. The van der Waals surface area contributed by atoms with Crippen molar-refractivity contribution in [2.45, 2.75) is 26.8 Å². The Kier molecular flexibility index (Phi) is 6.56. The minimum Gasteiger partial charge on any atom is -0.494 e. The number of aromatic hydroxyl groups is 1. The lowest BCUT2D eigenvalue weighted by Gasteiger charge is -2.15. The Morgan fingerprint density at radius 3 is 2.77 bits per heavy atom. The lowest BCUT2D eigenvalue weighted by atomic mass is 9.97. The van der Waals surface area contributed by atoms with E-state index in [-0.39, 0.29) is 28.8 Å². The van der Waals surface area contributed by atoms with Gasteiger partial charge >= 0.3 is 0 Å². The maximum atomic E-state index is 12.9. The molecule has 1 N–H and O–H groups in total. The molecular weight excluding hydrogens is 356 g/mol. The highest BCUT2D eigenvalue weighted by atomic mass is 35.5. The van der Waals surface area contributed by atoms with E-state index in [1.807, 2.05) is 13.0 Å². The molecule has 136 valence electrons. The first kappa shape index (κ1) is 19.7. The Hall–Kier alpha value is -2.62. The number of benzene rings is 1. The van der Waals surface area contributed by atoms with E-state index in [4.69, 9.17) is 16.3 Å². The Bertz CT molecular complexity index is 928. The first-order valence-corrected chi connectivity index (χ1v) is 8.54. The molecule has 0 saturated carbocycles. The SMILES string of the molecule is CCOCCCn1c(O)c(C(=O)c2cccc(Cl)c2)c(C)c(C#N)c1=O. The van der Waals surface area contributed by atoms with Crippen LogP contribution in [0.2, 0.25) is 5.02 Å². The van der Waals surface area contributed by atoms with Crippen molar-refractivity contribution in [1.82, 2.24) is 4.57 Å². The van der Waals surface area contributed by atoms with E-state index in [0.29, 0.717) is 24.7 Å². The number of aromatic nitrogens is 1. The van der Waals surface area contributed by atoms with Crippen molar-refractivity contribution < 1.29 is 14.6 Å². The highest BCUT2D eigenvalue weighted by Gasteiger charge is 2.24. The fourth-order valence-electron chi connectivity index (χ4n) is 2.67. The first-order chi connectivity index (χ1) is 12.4. The van der Waals surface area contributed by atoms with Gasteiger partial charge in [-0.2, -0.15) is 5.26 Å². The first-order valence-electron chi connectivity index (χ1n) is 8.16. The highest BCUT2D eigenvalue weighted by Crippen LogP contribution is 2.26. The molecule has 0 bridgehead atoms. The van der Waals surface area contributed by atoms with Crippen LogP contribution in [0.4, 0.5) is 0 Å². The number of carbonyl (C=O) groups excluding carboxylic acids is 1. The summed E-state index contributed by atoms with van der Waals surface area (Å²) in [6.07, 6.45) is 0.458. The topological polar surface area (TPSA) is 92.3 Å². The summed E-state index contributed by atoms with van der Waals surface area (Å²) < 4.78 is 6.28. The second kappa shape index (κ2) is 8.65. The van der Waals surface area contributed by atoms with E-state index >= 15 is 0 Å². The number of pyridine rings is 1. The Morgan fingerprint density at radius 1 is 1.42 bits per heavy atom. The fraction of sp³-hybridized carbons (Fsp3) is 0.316. The van der Waals surface area contributed by atoms with Crippen LogP contribution in [0.1, 0.15) is 40.4 Å². The van der Waals surface area contributed by atoms with Gasteiger partial charge in [0.1, 0.15) is 11.6 Å². The van der Waals surface area contributed by atoms with Crippen LogP contribution in [0.15, 0.2) is 29.1 Å².